The van der Waals surface area contributed by atoms with Crippen LogP contribution in [-0.4, -0.2) is 31.4 Å². The molecule has 0 aliphatic heterocycles. The number of rotatable bonds is 36. The standard InChI is InChI=1S/C85H101NO4/c1-9-17-26-62(13-5)58-87-75-45-37-66(38-46-75)79-32-24-33-80(67-39-47-76(48-40-67)88-59-63(14-6)27-18-10-2)84(79)73-55-72(70-30-23-31-71(54-70)83-36-21-22-53-86-83)56-74(57-73)85-81(68-41-49-77(50-42-68)89-60-64(15-7)28-19-11-3)34-25-35-82(85)69-43-51-78(52-44-69)90-61-65(16-8)29-20-12-4/h21-25,30-57,62-65H,9-20,26-29,58-61H2,1-8H3. The number of unbranched alkanes of at least 4 members (excludes halogenated alkanes) is 4. The van der Waals surface area contributed by atoms with Gasteiger partial charge in [-0.2, -0.15) is 0 Å². The molecular weight excluding hydrogens is 1100 g/mol. The molecule has 0 fully saturated rings. The molecule has 470 valence electrons. The van der Waals surface area contributed by atoms with E-state index in [1.807, 2.05) is 12.3 Å². The maximum absolute atomic E-state index is 6.55. The fourth-order valence-electron chi connectivity index (χ4n) is 12.5. The number of hydrogen-bond acceptors (Lipinski definition) is 5. The van der Waals surface area contributed by atoms with Crippen molar-refractivity contribution in [3.05, 3.63) is 200 Å². The molecular formula is C85H101NO4. The van der Waals surface area contributed by atoms with Crippen LogP contribution >= 0.6 is 0 Å². The second-order valence-electron chi connectivity index (χ2n) is 25.1. The first kappa shape index (κ1) is 66.5. The minimum Gasteiger partial charge on any atom is -0.493 e. The SMILES string of the molecule is CCCCC(CC)COc1ccc(-c2cccc(-c3ccc(OCC(CC)CCCC)cc3)c2-c2cc(-c3cccc(-c4ccccn4)c3)cc(-c3c(-c4ccc(OCC(CC)CCCC)cc4)cccc3-c3ccc(OCC(CC)CCCC)cc3)c2)cc1. The predicted octanol–water partition coefficient (Wildman–Crippen LogP) is 24.8. The maximum atomic E-state index is 6.55. The third-order valence-corrected chi connectivity index (χ3v) is 18.6. The molecule has 1 heterocycles. The highest BCUT2D eigenvalue weighted by Gasteiger charge is 2.22. The summed E-state index contributed by atoms with van der Waals surface area (Å²) in [4.78, 5) is 4.83. The summed E-state index contributed by atoms with van der Waals surface area (Å²) in [5.41, 5.74) is 17.8. The lowest BCUT2D eigenvalue weighted by Gasteiger charge is -2.22. The average Bonchev–Trinajstić information content (AvgIpc) is 1.01. The van der Waals surface area contributed by atoms with E-state index in [-0.39, 0.29) is 0 Å². The second-order valence-corrected chi connectivity index (χ2v) is 25.1. The van der Waals surface area contributed by atoms with E-state index in [2.05, 4.69) is 243 Å². The number of aromatic nitrogens is 1. The number of ether oxygens (including phenoxy) is 4. The fraction of sp³-hybridized carbons (Fsp3) is 0.376. The van der Waals surface area contributed by atoms with Crippen molar-refractivity contribution < 1.29 is 18.9 Å². The molecule has 0 aliphatic carbocycles. The van der Waals surface area contributed by atoms with Gasteiger partial charge in [0.15, 0.2) is 0 Å². The summed E-state index contributed by atoms with van der Waals surface area (Å²) < 4.78 is 26.2. The third-order valence-electron chi connectivity index (χ3n) is 18.6. The van der Waals surface area contributed by atoms with E-state index in [4.69, 9.17) is 23.9 Å². The Morgan fingerprint density at radius 3 is 0.878 bits per heavy atom. The quantitative estimate of drug-likeness (QED) is 0.0392. The summed E-state index contributed by atoms with van der Waals surface area (Å²) in [6, 6.07) is 71.3. The van der Waals surface area contributed by atoms with Crippen molar-refractivity contribution in [2.24, 2.45) is 23.7 Å². The Bertz CT molecular complexity index is 3200. The van der Waals surface area contributed by atoms with Crippen molar-refractivity contribution in [3.63, 3.8) is 0 Å². The summed E-state index contributed by atoms with van der Waals surface area (Å²) in [5, 5.41) is 0. The van der Waals surface area contributed by atoms with Crippen LogP contribution in [0.25, 0.3) is 89.1 Å². The molecule has 0 radical (unpaired) electrons. The normalized spacial score (nSPS) is 12.7. The van der Waals surface area contributed by atoms with Gasteiger partial charge in [0, 0.05) is 11.8 Å². The van der Waals surface area contributed by atoms with Crippen molar-refractivity contribution in [2.75, 3.05) is 26.4 Å². The molecule has 0 spiro atoms. The summed E-state index contributed by atoms with van der Waals surface area (Å²) >= 11 is 0. The van der Waals surface area contributed by atoms with Gasteiger partial charge in [-0.15, -0.1) is 0 Å². The van der Waals surface area contributed by atoms with Crippen LogP contribution in [0.3, 0.4) is 0 Å². The first-order valence-electron chi connectivity index (χ1n) is 34.6. The van der Waals surface area contributed by atoms with Crippen LogP contribution in [0, 0.1) is 23.7 Å². The summed E-state index contributed by atoms with van der Waals surface area (Å²) in [5.74, 6) is 5.75. The van der Waals surface area contributed by atoms with Gasteiger partial charge in [0.2, 0.25) is 0 Å². The molecule has 0 saturated heterocycles. The van der Waals surface area contributed by atoms with Gasteiger partial charge in [0.05, 0.1) is 32.1 Å². The highest BCUT2D eigenvalue weighted by Crippen LogP contribution is 2.48. The zero-order valence-corrected chi connectivity index (χ0v) is 55.6. The lowest BCUT2D eigenvalue weighted by Crippen LogP contribution is -2.11. The molecule has 0 aliphatic rings. The van der Waals surface area contributed by atoms with E-state index < -0.39 is 0 Å². The minimum atomic E-state index is 0.537. The van der Waals surface area contributed by atoms with E-state index >= 15 is 0 Å². The molecule has 5 nitrogen and oxygen atoms in total. The van der Waals surface area contributed by atoms with Gasteiger partial charge in [0.25, 0.3) is 0 Å². The van der Waals surface area contributed by atoms with E-state index in [9.17, 15) is 0 Å². The Labute approximate surface area is 541 Å². The Balaban J connectivity index is 1.24. The highest BCUT2D eigenvalue weighted by atomic mass is 16.5. The van der Waals surface area contributed by atoms with Gasteiger partial charge in [-0.05, 0) is 212 Å². The molecule has 8 aromatic carbocycles. The molecule has 9 aromatic rings. The van der Waals surface area contributed by atoms with Crippen LogP contribution in [-0.2, 0) is 0 Å². The maximum Gasteiger partial charge on any atom is 0.119 e. The van der Waals surface area contributed by atoms with Crippen LogP contribution in [0.5, 0.6) is 23.0 Å². The molecule has 0 amide bonds. The van der Waals surface area contributed by atoms with Crippen LogP contribution in [0.1, 0.15) is 158 Å². The number of benzene rings is 8. The number of pyridine rings is 1. The predicted molar refractivity (Wildman–Crippen MR) is 383 cm³/mol. The summed E-state index contributed by atoms with van der Waals surface area (Å²) in [6.45, 7) is 21.1. The molecule has 4 atom stereocenters. The van der Waals surface area contributed by atoms with Gasteiger partial charge < -0.3 is 18.9 Å². The zero-order chi connectivity index (χ0) is 62.9. The second kappa shape index (κ2) is 34.9. The first-order chi connectivity index (χ1) is 44.3. The zero-order valence-electron chi connectivity index (χ0n) is 55.6. The fourth-order valence-corrected chi connectivity index (χ4v) is 12.5. The van der Waals surface area contributed by atoms with Gasteiger partial charge in [-0.3, -0.25) is 4.98 Å². The first-order valence-corrected chi connectivity index (χ1v) is 34.6. The lowest BCUT2D eigenvalue weighted by atomic mass is 9.82. The number of nitrogens with zero attached hydrogens (tertiary/aromatic N) is 1. The summed E-state index contributed by atoms with van der Waals surface area (Å²) in [7, 11) is 0. The van der Waals surface area contributed by atoms with Crippen LogP contribution in [0.4, 0.5) is 0 Å². The van der Waals surface area contributed by atoms with Gasteiger partial charge in [-0.25, -0.2) is 0 Å². The summed E-state index contributed by atoms with van der Waals surface area (Å²) in [6.07, 6.45) is 20.8. The van der Waals surface area contributed by atoms with Gasteiger partial charge in [0.1, 0.15) is 23.0 Å². The average molecular weight is 1200 g/mol. The topological polar surface area (TPSA) is 49.8 Å². The van der Waals surface area contributed by atoms with E-state index in [1.165, 1.54) is 77.0 Å². The van der Waals surface area contributed by atoms with Crippen LogP contribution in [0.15, 0.2) is 200 Å². The van der Waals surface area contributed by atoms with Crippen molar-refractivity contribution in [3.8, 4) is 112 Å². The largest absolute Gasteiger partial charge is 0.493 e. The Hall–Kier alpha value is -7.89. The van der Waals surface area contributed by atoms with Crippen molar-refractivity contribution >= 4 is 0 Å². The monoisotopic (exact) mass is 1200 g/mol. The molecule has 5 heteroatoms. The molecule has 90 heavy (non-hydrogen) atoms. The smallest absolute Gasteiger partial charge is 0.119 e. The molecule has 1 aromatic heterocycles. The molecule has 4 unspecified atom stereocenters. The third kappa shape index (κ3) is 18.2. The van der Waals surface area contributed by atoms with Crippen LogP contribution in [0.2, 0.25) is 0 Å². The minimum absolute atomic E-state index is 0.537. The Morgan fingerprint density at radius 2 is 0.578 bits per heavy atom. The van der Waals surface area contributed by atoms with Gasteiger partial charge in [-0.1, -0.05) is 242 Å². The van der Waals surface area contributed by atoms with Crippen LogP contribution < -0.4 is 18.9 Å². The molecule has 0 N–H and O–H groups in total. The van der Waals surface area contributed by atoms with E-state index in [0.29, 0.717) is 23.7 Å². The van der Waals surface area contributed by atoms with Gasteiger partial charge >= 0.3 is 0 Å². The Morgan fingerprint density at radius 1 is 0.278 bits per heavy atom. The lowest BCUT2D eigenvalue weighted by molar-refractivity contribution is 0.233. The van der Waals surface area contributed by atoms with E-state index in [1.54, 1.807) is 0 Å². The van der Waals surface area contributed by atoms with Crippen molar-refractivity contribution in [1.82, 2.24) is 4.98 Å². The highest BCUT2D eigenvalue weighted by molar-refractivity contribution is 6.01. The molecule has 9 rings (SSSR count). The molecule has 0 bridgehead atoms. The van der Waals surface area contributed by atoms with Crippen molar-refractivity contribution in [2.45, 2.75) is 158 Å². The van der Waals surface area contributed by atoms with Crippen molar-refractivity contribution in [1.29, 1.82) is 0 Å². The molecule has 0 saturated carbocycles. The Kier molecular flexibility index (Phi) is 25.8. The number of hydrogen-bond donors (Lipinski definition) is 0. The van der Waals surface area contributed by atoms with E-state index in [0.717, 1.165) is 164 Å².